The molecule has 7 aromatic heterocycles. The number of amides is 1. The van der Waals surface area contributed by atoms with Crippen LogP contribution >= 0.6 is 73.7 Å². The van der Waals surface area contributed by atoms with Crippen molar-refractivity contribution in [1.82, 2.24) is 54.4 Å². The fourth-order valence-corrected chi connectivity index (χ4v) is 6.43. The number of imidazole rings is 1. The van der Waals surface area contributed by atoms with Crippen molar-refractivity contribution < 1.29 is 32.4 Å². The van der Waals surface area contributed by atoms with E-state index in [9.17, 15) is 27.3 Å². The average Bonchev–Trinajstić information content (AvgIpc) is 4.19. The minimum absolute atomic E-state index is 0. The summed E-state index contributed by atoms with van der Waals surface area (Å²) in [6.07, 6.45) is 9.68. The van der Waals surface area contributed by atoms with Crippen molar-refractivity contribution >= 4 is 120 Å². The number of carbonyl (C=O) groups excluding carboxylic acids is 1. The van der Waals surface area contributed by atoms with Gasteiger partial charge in [0.1, 0.15) is 51.3 Å². The minimum atomic E-state index is -4.77. The van der Waals surface area contributed by atoms with E-state index in [-0.39, 0.29) is 13.3 Å². The van der Waals surface area contributed by atoms with Crippen LogP contribution in [-0.2, 0) is 10.7 Å². The summed E-state index contributed by atoms with van der Waals surface area (Å²) in [5.74, 6) is 0.220. The lowest BCUT2D eigenvalue weighted by atomic mass is 10.2. The molecule has 382 valence electrons. The predicted molar refractivity (Wildman–Crippen MR) is 273 cm³/mol. The van der Waals surface area contributed by atoms with E-state index in [1.807, 2.05) is 19.2 Å². The van der Waals surface area contributed by atoms with Gasteiger partial charge >= 0.3 is 17.3 Å². The standard InChI is InChI=1S/C14H14ClN5O.C14H12ClN5.C8H10ClN3.C6H3F3N2O2.CH4.Cl3OP/c1-8-10(6-16-7-17-8)14(21)19-11-4-5-12(15)20-13(11)18-9-2-3-9;1-8-10(6-16-7-17-8)13-18-11-4-5-12(15)19-14(11)20(13)9-2-3-9;9-7-4-3-6(10)8(12-7)11-5-1-2-5;7-6(8,9)4-3(5(12)13)1-10-2-11-4;;1-5(2,3)4/h4-7,9H,2-3H2,1H3,(H,18,20)(H,19,21);4-7,9H,2-3H2,1H3;3-5H,1-2,10H2,(H,11,12);1-2H,(H,12,13);1H4;. The molecule has 0 atom stereocenters. The van der Waals surface area contributed by atoms with Crippen molar-refractivity contribution in [2.24, 2.45) is 0 Å². The Morgan fingerprint density at radius 3 is 1.78 bits per heavy atom. The number of rotatable bonds is 9. The van der Waals surface area contributed by atoms with E-state index in [1.54, 1.807) is 43.6 Å². The number of carboxylic acid groups (broad SMARTS) is 1. The first-order chi connectivity index (χ1) is 33.5. The molecule has 72 heavy (non-hydrogen) atoms. The van der Waals surface area contributed by atoms with Gasteiger partial charge < -0.3 is 31.4 Å². The Kier molecular flexibility index (Phi) is 20.1. The number of alkyl halides is 3. The molecule has 3 aliphatic carbocycles. The second kappa shape index (κ2) is 25.3. The van der Waals surface area contributed by atoms with Gasteiger partial charge in [0, 0.05) is 36.7 Å². The highest BCUT2D eigenvalue weighted by atomic mass is 36.0. The summed E-state index contributed by atoms with van der Waals surface area (Å²) in [5.41, 5.74) is 9.19. The number of carbonyl (C=O) groups is 2. The van der Waals surface area contributed by atoms with Crippen molar-refractivity contribution in [3.8, 4) is 11.4 Å². The average molecular weight is 1130 g/mol. The number of carboxylic acids is 1. The van der Waals surface area contributed by atoms with Crippen LogP contribution in [0.3, 0.4) is 0 Å². The summed E-state index contributed by atoms with van der Waals surface area (Å²) in [6.45, 7) is 3.73. The highest BCUT2D eigenvalue weighted by Gasteiger charge is 2.37. The molecule has 0 bridgehead atoms. The highest BCUT2D eigenvalue weighted by molar-refractivity contribution is 8.24. The van der Waals surface area contributed by atoms with Gasteiger partial charge in [-0.25, -0.2) is 54.6 Å². The van der Waals surface area contributed by atoms with Gasteiger partial charge in [0.15, 0.2) is 23.0 Å². The number of nitrogens with zero attached hydrogens (tertiary/aromatic N) is 11. The van der Waals surface area contributed by atoms with E-state index in [1.165, 1.54) is 25.4 Å². The molecule has 0 aliphatic heterocycles. The second-order valence-electron chi connectivity index (χ2n) is 15.4. The molecular formula is C43H43Cl6F3N15O4P. The zero-order chi connectivity index (χ0) is 51.6. The van der Waals surface area contributed by atoms with Crippen LogP contribution in [0.15, 0.2) is 74.0 Å². The van der Waals surface area contributed by atoms with Gasteiger partial charge in [-0.05, 0) is 122 Å². The second-order valence-corrected chi connectivity index (χ2v) is 23.2. The molecule has 3 aliphatic rings. The van der Waals surface area contributed by atoms with Crippen LogP contribution < -0.4 is 21.7 Å². The lowest BCUT2D eigenvalue weighted by molar-refractivity contribution is -0.141. The number of nitrogen functional groups attached to an aromatic ring is 1. The maximum atomic E-state index is 12.3. The molecule has 10 rings (SSSR count). The third kappa shape index (κ3) is 17.5. The van der Waals surface area contributed by atoms with Crippen LogP contribution in [0, 0.1) is 13.8 Å². The molecule has 0 radical (unpaired) electrons. The Hall–Kier alpha value is -5.74. The first-order valence-electron chi connectivity index (χ1n) is 20.9. The number of aryl methyl sites for hydroxylation is 2. The van der Waals surface area contributed by atoms with Crippen LogP contribution in [0.4, 0.5) is 36.2 Å². The fraction of sp³-hybridized carbons (Fsp3) is 0.302. The molecule has 29 heteroatoms. The summed E-state index contributed by atoms with van der Waals surface area (Å²) in [5, 5.41) is 15.8. The SMILES string of the molecule is C.Cc1ncncc1-c1nc2ccc(Cl)nc2n1C1CC1.Cc1ncncc1C(=O)Nc1ccc(Cl)nc1NC1CC1.Nc1ccc(Cl)nc1NC1CC1.O=C(O)c1cncnc1C(F)(F)F.O=P(Cl)(Cl)Cl. The molecule has 1 amide bonds. The summed E-state index contributed by atoms with van der Waals surface area (Å²) in [6, 6.07) is 11.9. The Morgan fingerprint density at radius 1 is 0.722 bits per heavy atom. The number of anilines is 4. The van der Waals surface area contributed by atoms with Crippen LogP contribution in [0.25, 0.3) is 22.6 Å². The van der Waals surface area contributed by atoms with Crippen LogP contribution in [0.2, 0.25) is 15.5 Å². The van der Waals surface area contributed by atoms with Crippen molar-refractivity contribution in [3.05, 3.63) is 118 Å². The zero-order valence-corrected chi connectivity index (χ0v) is 42.4. The summed E-state index contributed by atoms with van der Waals surface area (Å²) >= 11 is 31.5. The third-order valence-electron chi connectivity index (χ3n) is 9.77. The zero-order valence-electron chi connectivity index (χ0n) is 36.9. The Morgan fingerprint density at radius 2 is 1.24 bits per heavy atom. The number of fused-ring (bicyclic) bond motifs is 1. The van der Waals surface area contributed by atoms with Gasteiger partial charge in [0.25, 0.3) is 5.91 Å². The summed E-state index contributed by atoms with van der Waals surface area (Å²) in [4.78, 5) is 62.3. The van der Waals surface area contributed by atoms with E-state index in [0.717, 1.165) is 53.9 Å². The smallest absolute Gasteiger partial charge is 0.434 e. The maximum Gasteiger partial charge on any atom is 0.434 e. The topological polar surface area (TPSA) is 267 Å². The number of nitrogens with one attached hydrogen (secondary N) is 3. The van der Waals surface area contributed by atoms with Gasteiger partial charge in [0.05, 0.1) is 33.9 Å². The van der Waals surface area contributed by atoms with Crippen LogP contribution in [0.5, 0.6) is 0 Å². The van der Waals surface area contributed by atoms with Gasteiger partial charge in [-0.1, -0.05) is 42.2 Å². The van der Waals surface area contributed by atoms with Crippen molar-refractivity contribution in [3.63, 3.8) is 0 Å². The number of pyridine rings is 3. The first-order valence-corrected chi connectivity index (χ1v) is 26.4. The Bertz CT molecular complexity index is 3060. The fourth-order valence-electron chi connectivity index (χ4n) is 6.00. The largest absolute Gasteiger partial charge is 0.478 e. The van der Waals surface area contributed by atoms with Crippen molar-refractivity contribution in [1.29, 1.82) is 0 Å². The first kappa shape index (κ1) is 57.2. The Balaban J connectivity index is 0.000000176. The van der Waals surface area contributed by atoms with E-state index in [0.29, 0.717) is 80.4 Å². The van der Waals surface area contributed by atoms with Gasteiger partial charge in [-0.2, -0.15) is 13.2 Å². The van der Waals surface area contributed by atoms with Crippen molar-refractivity contribution in [2.75, 3.05) is 21.7 Å². The molecule has 3 fully saturated rings. The molecule has 7 aromatic rings. The number of hydrogen-bond acceptors (Lipinski definition) is 16. The van der Waals surface area contributed by atoms with Crippen molar-refractivity contribution in [2.45, 2.75) is 84.1 Å². The molecule has 7 heterocycles. The number of nitrogens with two attached hydrogens (primary N) is 1. The molecule has 6 N–H and O–H groups in total. The van der Waals surface area contributed by atoms with E-state index < -0.39 is 28.6 Å². The minimum Gasteiger partial charge on any atom is -0.478 e. The van der Waals surface area contributed by atoms with E-state index in [2.05, 4.69) is 99.1 Å². The molecule has 0 saturated heterocycles. The summed E-state index contributed by atoms with van der Waals surface area (Å²) < 4.78 is 47.9. The Labute approximate surface area is 439 Å². The number of halogens is 9. The number of hydrogen-bond donors (Lipinski definition) is 5. The van der Waals surface area contributed by atoms with E-state index in [4.69, 9.17) is 50.6 Å². The van der Waals surface area contributed by atoms with Crippen LogP contribution in [-0.4, -0.2) is 83.5 Å². The molecule has 19 nitrogen and oxygen atoms in total. The monoisotopic (exact) mass is 1130 g/mol. The lowest BCUT2D eigenvalue weighted by Gasteiger charge is -2.12. The molecule has 0 unspecified atom stereocenters. The highest BCUT2D eigenvalue weighted by Crippen LogP contribution is 2.61. The number of aromatic carboxylic acids is 1. The normalized spacial score (nSPS) is 13.7. The summed E-state index contributed by atoms with van der Waals surface area (Å²) in [7, 11) is 0. The third-order valence-corrected chi connectivity index (χ3v) is 10.4. The quantitative estimate of drug-likeness (QED) is 0.0664. The van der Waals surface area contributed by atoms with Gasteiger partial charge in [-0.3, -0.25) is 9.36 Å². The predicted octanol–water partition coefficient (Wildman–Crippen LogP) is 12.4. The van der Waals surface area contributed by atoms with E-state index >= 15 is 0 Å². The van der Waals surface area contributed by atoms with Crippen LogP contribution in [0.1, 0.15) is 89.8 Å². The molecule has 0 aromatic carbocycles. The van der Waals surface area contributed by atoms with Gasteiger partial charge in [0.2, 0.25) is 0 Å². The molecule has 0 spiro atoms. The van der Waals surface area contributed by atoms with Gasteiger partial charge in [-0.15, -0.1) is 0 Å². The number of aromatic nitrogens is 11. The molecular weight excluding hydrogens is 1090 g/mol. The lowest BCUT2D eigenvalue weighted by Crippen LogP contribution is -2.16. The molecule has 3 saturated carbocycles. The maximum absolute atomic E-state index is 12.3.